The van der Waals surface area contributed by atoms with Crippen LogP contribution in [0.1, 0.15) is 48.7 Å². The molecule has 2 N–H and O–H groups in total. The summed E-state index contributed by atoms with van der Waals surface area (Å²) < 4.78 is 0. The number of thiazole rings is 1. The maximum Gasteiger partial charge on any atom is 0.0798 e. The van der Waals surface area contributed by atoms with Crippen LogP contribution >= 0.6 is 11.3 Å². The van der Waals surface area contributed by atoms with Crippen LogP contribution < -0.4 is 5.73 Å². The van der Waals surface area contributed by atoms with Gasteiger partial charge in [-0.25, -0.2) is 4.98 Å². The first kappa shape index (κ1) is 10.8. The van der Waals surface area contributed by atoms with Crippen LogP contribution in [-0.2, 0) is 0 Å². The Morgan fingerprint density at radius 2 is 2.27 bits per heavy atom. The summed E-state index contributed by atoms with van der Waals surface area (Å²) in [5.74, 6) is 0. The summed E-state index contributed by atoms with van der Waals surface area (Å²) in [6.45, 7) is 2.04. The number of allylic oxidation sites excluding steroid dienone is 1. The summed E-state index contributed by atoms with van der Waals surface area (Å²) in [5.41, 5.74) is 10.7. The van der Waals surface area contributed by atoms with Crippen molar-refractivity contribution in [3.63, 3.8) is 0 Å². The predicted molar refractivity (Wildman–Crippen MR) is 64.9 cm³/mol. The first-order valence-electron chi connectivity index (χ1n) is 5.63. The lowest BCUT2D eigenvalue weighted by atomic mass is 10.0. The molecule has 1 heterocycles. The number of hydrogen-bond acceptors (Lipinski definition) is 3. The zero-order valence-corrected chi connectivity index (χ0v) is 10.0. The first-order chi connectivity index (χ1) is 7.29. The summed E-state index contributed by atoms with van der Waals surface area (Å²) >= 11 is 1.68. The molecule has 0 radical (unpaired) electrons. The van der Waals surface area contributed by atoms with Gasteiger partial charge in [0.25, 0.3) is 0 Å². The van der Waals surface area contributed by atoms with E-state index < -0.39 is 0 Å². The van der Waals surface area contributed by atoms with Crippen molar-refractivity contribution in [1.29, 1.82) is 0 Å². The molecule has 1 unspecified atom stereocenters. The molecule has 0 amide bonds. The molecule has 1 aliphatic carbocycles. The van der Waals surface area contributed by atoms with Crippen molar-refractivity contribution < 1.29 is 0 Å². The zero-order valence-electron chi connectivity index (χ0n) is 9.20. The molecule has 0 spiro atoms. The van der Waals surface area contributed by atoms with Gasteiger partial charge in [-0.2, -0.15) is 0 Å². The fraction of sp³-hybridized carbons (Fsp3) is 0.583. The van der Waals surface area contributed by atoms with Crippen LogP contribution in [-0.4, -0.2) is 4.98 Å². The molecule has 1 aromatic heterocycles. The van der Waals surface area contributed by atoms with Gasteiger partial charge in [0.1, 0.15) is 0 Å². The molecule has 2 nitrogen and oxygen atoms in total. The molecule has 0 aliphatic heterocycles. The van der Waals surface area contributed by atoms with Crippen molar-refractivity contribution in [2.45, 2.75) is 45.1 Å². The summed E-state index contributed by atoms with van der Waals surface area (Å²) in [6.07, 6.45) is 8.65. The van der Waals surface area contributed by atoms with Crippen LogP contribution in [0, 0.1) is 6.92 Å². The minimum atomic E-state index is 0.0931. The highest BCUT2D eigenvalue weighted by atomic mass is 32.1. The van der Waals surface area contributed by atoms with Gasteiger partial charge >= 0.3 is 0 Å². The van der Waals surface area contributed by atoms with E-state index in [-0.39, 0.29) is 6.04 Å². The monoisotopic (exact) mass is 222 g/mol. The van der Waals surface area contributed by atoms with Gasteiger partial charge in [0.05, 0.1) is 17.2 Å². The maximum atomic E-state index is 6.29. The smallest absolute Gasteiger partial charge is 0.0798 e. The van der Waals surface area contributed by atoms with Gasteiger partial charge in [0.15, 0.2) is 0 Å². The number of aryl methyl sites for hydroxylation is 1. The third-order valence-corrected chi connectivity index (χ3v) is 4.05. The molecule has 15 heavy (non-hydrogen) atoms. The normalized spacial score (nSPS) is 19.5. The van der Waals surface area contributed by atoms with Gasteiger partial charge in [-0.1, -0.05) is 18.1 Å². The number of rotatable bonds is 2. The molecule has 0 saturated carbocycles. The fourth-order valence-electron chi connectivity index (χ4n) is 2.10. The van der Waals surface area contributed by atoms with Crippen LogP contribution in [0.2, 0.25) is 0 Å². The van der Waals surface area contributed by atoms with Gasteiger partial charge in [0.2, 0.25) is 0 Å². The van der Waals surface area contributed by atoms with Crippen molar-refractivity contribution in [2.24, 2.45) is 5.73 Å². The maximum absolute atomic E-state index is 6.29. The van der Waals surface area contributed by atoms with E-state index in [2.05, 4.69) is 11.1 Å². The van der Waals surface area contributed by atoms with Crippen molar-refractivity contribution in [3.05, 3.63) is 27.7 Å². The van der Waals surface area contributed by atoms with Crippen molar-refractivity contribution in [1.82, 2.24) is 4.98 Å². The molecule has 3 heteroatoms. The van der Waals surface area contributed by atoms with E-state index in [0.29, 0.717) is 0 Å². The predicted octanol–water partition coefficient (Wildman–Crippen LogP) is 3.34. The summed E-state index contributed by atoms with van der Waals surface area (Å²) in [6, 6.07) is 0.0931. The molecule has 0 saturated heterocycles. The summed E-state index contributed by atoms with van der Waals surface area (Å²) in [7, 11) is 0. The molecule has 0 aromatic carbocycles. The quantitative estimate of drug-likeness (QED) is 0.779. The average Bonchev–Trinajstić information content (AvgIpc) is 2.53. The zero-order chi connectivity index (χ0) is 10.7. The second kappa shape index (κ2) is 4.90. The molecule has 0 bridgehead atoms. The second-order valence-electron chi connectivity index (χ2n) is 4.16. The summed E-state index contributed by atoms with van der Waals surface area (Å²) in [5, 5.41) is 0. The van der Waals surface area contributed by atoms with E-state index in [1.165, 1.54) is 42.6 Å². The molecule has 2 rings (SSSR count). The summed E-state index contributed by atoms with van der Waals surface area (Å²) in [4.78, 5) is 5.51. The molecular weight excluding hydrogens is 204 g/mol. The molecule has 1 atom stereocenters. The Balaban J connectivity index is 2.16. The Hall–Kier alpha value is -0.670. The Morgan fingerprint density at radius 1 is 1.40 bits per heavy atom. The van der Waals surface area contributed by atoms with Crippen LogP contribution in [0.25, 0.3) is 0 Å². The second-order valence-corrected chi connectivity index (χ2v) is 5.04. The Bertz CT molecular complexity index is 354. The van der Waals surface area contributed by atoms with Crippen molar-refractivity contribution in [2.75, 3.05) is 0 Å². The minimum absolute atomic E-state index is 0.0931. The van der Waals surface area contributed by atoms with Crippen LogP contribution in [0.15, 0.2) is 17.2 Å². The van der Waals surface area contributed by atoms with Crippen molar-refractivity contribution >= 4 is 11.3 Å². The van der Waals surface area contributed by atoms with E-state index in [1.807, 2.05) is 12.4 Å². The number of nitrogens with two attached hydrogens (primary N) is 1. The van der Waals surface area contributed by atoms with Crippen LogP contribution in [0.3, 0.4) is 0 Å². The van der Waals surface area contributed by atoms with Gasteiger partial charge in [-0.3, -0.25) is 0 Å². The Kier molecular flexibility index (Phi) is 3.54. The Morgan fingerprint density at radius 3 is 3.00 bits per heavy atom. The highest BCUT2D eigenvalue weighted by molar-refractivity contribution is 7.09. The third-order valence-electron chi connectivity index (χ3n) is 3.04. The van der Waals surface area contributed by atoms with Crippen LogP contribution in [0.5, 0.6) is 0 Å². The van der Waals surface area contributed by atoms with E-state index in [1.54, 1.807) is 11.3 Å². The van der Waals surface area contributed by atoms with E-state index in [4.69, 9.17) is 5.73 Å². The molecular formula is C12H18N2S. The number of hydrogen-bond donors (Lipinski definition) is 1. The number of nitrogens with zero attached hydrogens (tertiary/aromatic N) is 1. The Labute approximate surface area is 95.2 Å². The number of aromatic nitrogens is 1. The largest absolute Gasteiger partial charge is 0.320 e. The van der Waals surface area contributed by atoms with Crippen molar-refractivity contribution in [3.8, 4) is 0 Å². The topological polar surface area (TPSA) is 38.9 Å². The van der Waals surface area contributed by atoms with Crippen LogP contribution in [0.4, 0.5) is 0 Å². The highest BCUT2D eigenvalue weighted by Gasteiger charge is 2.16. The lowest BCUT2D eigenvalue weighted by molar-refractivity contribution is 0.689. The first-order valence-corrected chi connectivity index (χ1v) is 6.51. The molecule has 82 valence electrons. The average molecular weight is 222 g/mol. The molecule has 1 aliphatic rings. The van der Waals surface area contributed by atoms with E-state index in [0.717, 1.165) is 5.69 Å². The van der Waals surface area contributed by atoms with Gasteiger partial charge in [-0.15, -0.1) is 11.3 Å². The lowest BCUT2D eigenvalue weighted by Crippen LogP contribution is -2.13. The minimum Gasteiger partial charge on any atom is -0.320 e. The van der Waals surface area contributed by atoms with Gasteiger partial charge in [-0.05, 0) is 32.6 Å². The third kappa shape index (κ3) is 2.47. The van der Waals surface area contributed by atoms with E-state index >= 15 is 0 Å². The standard InChI is InChI=1S/C12H18N2S/c1-9-12(15-8-14-9)11(13)10-6-4-2-3-5-7-10/h6,8,11H,2-5,7,13H2,1H3. The fourth-order valence-corrected chi connectivity index (χ4v) is 2.95. The lowest BCUT2D eigenvalue weighted by Gasteiger charge is -2.14. The van der Waals surface area contributed by atoms with Gasteiger partial charge < -0.3 is 5.73 Å². The highest BCUT2D eigenvalue weighted by Crippen LogP contribution is 2.30. The van der Waals surface area contributed by atoms with Gasteiger partial charge in [0, 0.05) is 4.88 Å². The SMILES string of the molecule is Cc1ncsc1C(N)C1=CCCCCC1. The molecule has 0 fully saturated rings. The molecule has 1 aromatic rings. The van der Waals surface area contributed by atoms with E-state index in [9.17, 15) is 0 Å².